The first-order chi connectivity index (χ1) is 12.8. The van der Waals surface area contributed by atoms with E-state index >= 15 is 0 Å². The highest BCUT2D eigenvalue weighted by atomic mass is 16.5. The van der Waals surface area contributed by atoms with Gasteiger partial charge in [-0.25, -0.2) is 0 Å². The van der Waals surface area contributed by atoms with E-state index in [9.17, 15) is 10.5 Å². The summed E-state index contributed by atoms with van der Waals surface area (Å²) in [5, 5.41) is 18.8. The van der Waals surface area contributed by atoms with Crippen LogP contribution in [0.3, 0.4) is 0 Å². The van der Waals surface area contributed by atoms with Gasteiger partial charge in [-0.3, -0.25) is 0 Å². The second kappa shape index (κ2) is 8.37. The molecule has 0 heterocycles. The smallest absolute Gasteiger partial charge is 0.180 e. The van der Waals surface area contributed by atoms with Gasteiger partial charge in [-0.2, -0.15) is 10.5 Å². The zero-order valence-electron chi connectivity index (χ0n) is 14.1. The van der Waals surface area contributed by atoms with Crippen molar-refractivity contribution in [3.05, 3.63) is 95.1 Å². The average Bonchev–Trinajstić information content (AvgIpc) is 2.71. The summed E-state index contributed by atoms with van der Waals surface area (Å²) in [6.45, 7) is 0.630. The van der Waals surface area contributed by atoms with Gasteiger partial charge in [-0.05, 0) is 23.3 Å². The molecule has 0 N–H and O–H groups in total. The van der Waals surface area contributed by atoms with Gasteiger partial charge < -0.3 is 9.47 Å². The van der Waals surface area contributed by atoms with Crippen molar-refractivity contribution in [1.82, 2.24) is 0 Å². The number of nitrogens with zero attached hydrogens (tertiary/aromatic N) is 2. The Morgan fingerprint density at radius 1 is 0.654 bits per heavy atom. The summed E-state index contributed by atoms with van der Waals surface area (Å²) in [7, 11) is 0. The van der Waals surface area contributed by atoms with Gasteiger partial charge in [0.2, 0.25) is 0 Å². The summed E-state index contributed by atoms with van der Waals surface area (Å²) in [6.07, 6.45) is 0. The summed E-state index contributed by atoms with van der Waals surface area (Å²) in [5.74, 6) is 0.742. The molecule has 0 saturated heterocycles. The topological polar surface area (TPSA) is 66.0 Å². The van der Waals surface area contributed by atoms with Crippen molar-refractivity contribution in [3.63, 3.8) is 0 Å². The number of benzene rings is 3. The number of nitriles is 2. The number of ether oxygens (including phenoxy) is 2. The third-order valence-electron chi connectivity index (χ3n) is 3.82. The molecule has 0 radical (unpaired) electrons. The molecule has 0 aromatic heterocycles. The Kier molecular flexibility index (Phi) is 5.50. The van der Waals surface area contributed by atoms with Gasteiger partial charge in [0, 0.05) is 0 Å². The van der Waals surface area contributed by atoms with Crippen molar-refractivity contribution in [2.75, 3.05) is 0 Å². The molecular weight excluding hydrogens is 324 g/mol. The number of rotatable bonds is 6. The van der Waals surface area contributed by atoms with Crippen LogP contribution in [0.1, 0.15) is 22.3 Å². The van der Waals surface area contributed by atoms with E-state index < -0.39 is 0 Å². The predicted octanol–water partition coefficient (Wildman–Crippen LogP) is 4.59. The molecule has 3 aromatic rings. The fourth-order valence-electron chi connectivity index (χ4n) is 2.49. The molecule has 4 nitrogen and oxygen atoms in total. The zero-order chi connectivity index (χ0) is 18.2. The first-order valence-corrected chi connectivity index (χ1v) is 8.12. The molecule has 0 unspecified atom stereocenters. The lowest BCUT2D eigenvalue weighted by atomic mass is 10.1. The lowest BCUT2D eigenvalue weighted by molar-refractivity contribution is 0.255. The van der Waals surface area contributed by atoms with Crippen molar-refractivity contribution >= 4 is 0 Å². The highest BCUT2D eigenvalue weighted by molar-refractivity contribution is 5.60. The molecule has 26 heavy (non-hydrogen) atoms. The van der Waals surface area contributed by atoms with E-state index in [0.717, 1.165) is 11.1 Å². The van der Waals surface area contributed by atoms with Crippen LogP contribution in [-0.4, -0.2) is 0 Å². The Labute approximate surface area is 152 Å². The second-order valence-electron chi connectivity index (χ2n) is 5.59. The van der Waals surface area contributed by atoms with Crippen molar-refractivity contribution in [2.24, 2.45) is 0 Å². The van der Waals surface area contributed by atoms with Gasteiger partial charge in [0.1, 0.15) is 30.9 Å². The van der Waals surface area contributed by atoms with Crippen LogP contribution < -0.4 is 9.47 Å². The minimum atomic E-state index is 0.189. The molecule has 3 rings (SSSR count). The molecule has 3 aromatic carbocycles. The van der Waals surface area contributed by atoms with Crippen LogP contribution in [0, 0.1) is 22.7 Å². The highest BCUT2D eigenvalue weighted by Crippen LogP contribution is 2.34. The molecule has 0 aliphatic carbocycles. The van der Waals surface area contributed by atoms with Crippen LogP contribution in [0.25, 0.3) is 0 Å². The van der Waals surface area contributed by atoms with Crippen molar-refractivity contribution < 1.29 is 9.47 Å². The minimum Gasteiger partial charge on any atom is -0.485 e. The van der Waals surface area contributed by atoms with Crippen LogP contribution in [0.4, 0.5) is 0 Å². The fourth-order valence-corrected chi connectivity index (χ4v) is 2.49. The lowest BCUT2D eigenvalue weighted by Crippen LogP contribution is -2.03. The third-order valence-corrected chi connectivity index (χ3v) is 3.82. The maximum Gasteiger partial charge on any atom is 0.180 e. The van der Waals surface area contributed by atoms with Crippen LogP contribution in [-0.2, 0) is 13.2 Å². The molecule has 0 saturated carbocycles. The average molecular weight is 340 g/mol. The van der Waals surface area contributed by atoms with E-state index in [4.69, 9.17) is 9.47 Å². The molecule has 0 amide bonds. The van der Waals surface area contributed by atoms with E-state index in [-0.39, 0.29) is 17.7 Å². The standard InChI is InChI=1S/C22H16N2O2/c23-13-19-11-12-21(25-15-17-7-3-1-4-8-17)22(20(19)14-24)26-16-18-9-5-2-6-10-18/h1-12H,15-16H2. The van der Waals surface area contributed by atoms with Crippen molar-refractivity contribution in [3.8, 4) is 23.6 Å². The van der Waals surface area contributed by atoms with Crippen molar-refractivity contribution in [1.29, 1.82) is 10.5 Å². The minimum absolute atomic E-state index is 0.189. The molecule has 126 valence electrons. The Bertz CT molecular complexity index is 955. The van der Waals surface area contributed by atoms with Gasteiger partial charge in [-0.1, -0.05) is 60.7 Å². The maximum atomic E-state index is 9.50. The predicted molar refractivity (Wildman–Crippen MR) is 97.4 cm³/mol. The quantitative estimate of drug-likeness (QED) is 0.658. The SMILES string of the molecule is N#Cc1ccc(OCc2ccccc2)c(OCc2ccccc2)c1C#N. The Hall–Kier alpha value is -3.76. The second-order valence-corrected chi connectivity index (χ2v) is 5.59. The van der Waals surface area contributed by atoms with Crippen LogP contribution in [0.5, 0.6) is 11.5 Å². The van der Waals surface area contributed by atoms with Crippen LogP contribution in [0.15, 0.2) is 72.8 Å². The molecule has 0 aliphatic heterocycles. The van der Waals surface area contributed by atoms with E-state index in [1.807, 2.05) is 66.7 Å². The first-order valence-electron chi connectivity index (χ1n) is 8.12. The molecule has 0 atom stereocenters. The van der Waals surface area contributed by atoms with Gasteiger partial charge in [-0.15, -0.1) is 0 Å². The molecule has 0 aliphatic rings. The molecule has 0 bridgehead atoms. The van der Waals surface area contributed by atoms with E-state index in [2.05, 4.69) is 6.07 Å². The van der Waals surface area contributed by atoms with E-state index in [1.165, 1.54) is 0 Å². The molecule has 0 fully saturated rings. The molecular formula is C22H16N2O2. The van der Waals surface area contributed by atoms with Crippen LogP contribution in [0.2, 0.25) is 0 Å². The van der Waals surface area contributed by atoms with Crippen molar-refractivity contribution in [2.45, 2.75) is 13.2 Å². The van der Waals surface area contributed by atoms with Crippen LogP contribution >= 0.6 is 0 Å². The zero-order valence-corrected chi connectivity index (χ0v) is 14.1. The largest absolute Gasteiger partial charge is 0.485 e. The number of hydrogen-bond donors (Lipinski definition) is 0. The maximum absolute atomic E-state index is 9.50. The molecule has 4 heteroatoms. The third kappa shape index (κ3) is 4.01. The normalized spacial score (nSPS) is 9.77. The Morgan fingerprint density at radius 3 is 1.77 bits per heavy atom. The van der Waals surface area contributed by atoms with E-state index in [0.29, 0.717) is 18.1 Å². The summed E-state index contributed by atoms with van der Waals surface area (Å²) in [5.41, 5.74) is 2.42. The summed E-state index contributed by atoms with van der Waals surface area (Å²) < 4.78 is 11.7. The summed E-state index contributed by atoms with van der Waals surface area (Å²) in [4.78, 5) is 0. The highest BCUT2D eigenvalue weighted by Gasteiger charge is 2.16. The Balaban J connectivity index is 1.88. The lowest BCUT2D eigenvalue weighted by Gasteiger charge is -2.15. The Morgan fingerprint density at radius 2 is 1.23 bits per heavy atom. The summed E-state index contributed by atoms with van der Waals surface area (Å²) in [6, 6.07) is 26.7. The summed E-state index contributed by atoms with van der Waals surface area (Å²) >= 11 is 0. The molecule has 0 spiro atoms. The van der Waals surface area contributed by atoms with E-state index in [1.54, 1.807) is 12.1 Å². The van der Waals surface area contributed by atoms with Gasteiger partial charge in [0.05, 0.1) is 5.56 Å². The first kappa shape index (κ1) is 17.1. The van der Waals surface area contributed by atoms with Gasteiger partial charge >= 0.3 is 0 Å². The monoisotopic (exact) mass is 340 g/mol. The fraction of sp³-hybridized carbons (Fsp3) is 0.0909. The van der Waals surface area contributed by atoms with Gasteiger partial charge in [0.25, 0.3) is 0 Å². The number of hydrogen-bond acceptors (Lipinski definition) is 4. The van der Waals surface area contributed by atoms with Gasteiger partial charge in [0.15, 0.2) is 11.5 Å².